The lowest BCUT2D eigenvalue weighted by Gasteiger charge is -2.46. The van der Waals surface area contributed by atoms with Crippen LogP contribution in [0.25, 0.3) is 28.3 Å². The van der Waals surface area contributed by atoms with Gasteiger partial charge in [0, 0.05) is 24.4 Å². The minimum atomic E-state index is -0.927. The second kappa shape index (κ2) is 8.62. The highest BCUT2D eigenvalue weighted by atomic mass is 35.5. The molecule has 0 saturated heterocycles. The maximum Gasteiger partial charge on any atom is 0.307 e. The highest BCUT2D eigenvalue weighted by molar-refractivity contribution is 6.39. The molecule has 2 aliphatic rings. The lowest BCUT2D eigenvalue weighted by Crippen LogP contribution is -2.58. The summed E-state index contributed by atoms with van der Waals surface area (Å²) in [7, 11) is 2.01. The summed E-state index contributed by atoms with van der Waals surface area (Å²) in [5, 5.41) is 11.5. The van der Waals surface area contributed by atoms with Crippen LogP contribution in [-0.2, 0) is 5.41 Å². The summed E-state index contributed by atoms with van der Waals surface area (Å²) in [5.74, 6) is 0.408. The largest absolute Gasteiger partial charge is 0.463 e. The number of nitrogens with zero attached hydrogens (tertiary/aromatic N) is 2. The topological polar surface area (TPSA) is 55.6 Å². The van der Waals surface area contributed by atoms with Crippen molar-refractivity contribution in [2.45, 2.75) is 25.0 Å². The van der Waals surface area contributed by atoms with Crippen LogP contribution in [0.1, 0.15) is 25.0 Å². The van der Waals surface area contributed by atoms with Crippen molar-refractivity contribution in [3.8, 4) is 28.0 Å². The van der Waals surface area contributed by atoms with Gasteiger partial charge in [-0.1, -0.05) is 83.9 Å². The van der Waals surface area contributed by atoms with Crippen LogP contribution < -0.4 is 9.64 Å². The highest BCUT2D eigenvalue weighted by Gasteiger charge is 2.59. The van der Waals surface area contributed by atoms with Crippen LogP contribution in [0.3, 0.4) is 0 Å². The third-order valence-electron chi connectivity index (χ3n) is 7.81. The second-order valence-corrected chi connectivity index (χ2v) is 10.9. The molecule has 5 nitrogen and oxygen atoms in total. The number of nitro benzene ring substituents is 1. The lowest BCUT2D eigenvalue weighted by molar-refractivity contribution is -0.384. The number of hydrogen-bond donors (Lipinski definition) is 0. The number of halogens is 2. The smallest absolute Gasteiger partial charge is 0.307 e. The summed E-state index contributed by atoms with van der Waals surface area (Å²) >= 11 is 12.7. The predicted octanol–water partition coefficient (Wildman–Crippen LogP) is 8.77. The fraction of sp³-hybridized carbons (Fsp3) is 0.161. The fourth-order valence-electron chi connectivity index (χ4n) is 5.89. The van der Waals surface area contributed by atoms with Crippen LogP contribution in [-0.4, -0.2) is 17.7 Å². The standard InChI is InChI=1S/C31H24Cl2N2O3/c1-30(2)27-23(20-12-8-5-9-13-20)16-21(19-10-6-4-7-11-19)17-25(27)34(3)31(30)15-14-22-26(38-31)18-24(32)29(28(22)33)35(36)37/h4-18H,1-3H3. The van der Waals surface area contributed by atoms with Gasteiger partial charge >= 0.3 is 5.69 Å². The first kappa shape index (κ1) is 24.5. The van der Waals surface area contributed by atoms with Crippen molar-refractivity contribution in [3.63, 3.8) is 0 Å². The number of likely N-dealkylation sites (N-methyl/N-ethyl adjacent to an activating group) is 1. The molecule has 1 unspecified atom stereocenters. The Morgan fingerprint density at radius 3 is 2.16 bits per heavy atom. The maximum atomic E-state index is 11.6. The van der Waals surface area contributed by atoms with Crippen molar-refractivity contribution in [1.29, 1.82) is 0 Å². The zero-order valence-corrected chi connectivity index (χ0v) is 22.5. The summed E-state index contributed by atoms with van der Waals surface area (Å²) in [5.41, 5.74) is 5.32. The van der Waals surface area contributed by atoms with Crippen molar-refractivity contribution in [1.82, 2.24) is 0 Å². The van der Waals surface area contributed by atoms with Gasteiger partial charge in [-0.2, -0.15) is 0 Å². The van der Waals surface area contributed by atoms with E-state index < -0.39 is 16.1 Å². The first-order chi connectivity index (χ1) is 18.2. The van der Waals surface area contributed by atoms with Gasteiger partial charge < -0.3 is 9.64 Å². The van der Waals surface area contributed by atoms with Gasteiger partial charge in [0.05, 0.1) is 10.3 Å². The zero-order chi connectivity index (χ0) is 26.8. The Morgan fingerprint density at radius 1 is 0.895 bits per heavy atom. The summed E-state index contributed by atoms with van der Waals surface area (Å²) in [6.07, 6.45) is 3.77. The number of hydrogen-bond acceptors (Lipinski definition) is 4. The molecule has 0 amide bonds. The van der Waals surface area contributed by atoms with E-state index in [2.05, 4.69) is 55.1 Å². The Balaban J connectivity index is 1.58. The maximum absolute atomic E-state index is 11.6. The van der Waals surface area contributed by atoms with Crippen molar-refractivity contribution < 1.29 is 9.66 Å². The number of nitro groups is 1. The van der Waals surface area contributed by atoms with Gasteiger partial charge in [-0.25, -0.2) is 0 Å². The van der Waals surface area contributed by atoms with E-state index in [1.54, 1.807) is 0 Å². The van der Waals surface area contributed by atoms with E-state index in [1.807, 2.05) is 55.6 Å². The molecular weight excluding hydrogens is 519 g/mol. The molecule has 0 saturated carbocycles. The monoisotopic (exact) mass is 542 g/mol. The number of ether oxygens (including phenoxy) is 1. The molecule has 4 aromatic carbocycles. The van der Waals surface area contributed by atoms with Crippen molar-refractivity contribution in [3.05, 3.63) is 116 Å². The van der Waals surface area contributed by atoms with Crippen LogP contribution in [0.2, 0.25) is 10.0 Å². The summed E-state index contributed by atoms with van der Waals surface area (Å²) in [4.78, 5) is 13.1. The zero-order valence-electron chi connectivity index (χ0n) is 21.0. The first-order valence-electron chi connectivity index (χ1n) is 12.2. The minimum absolute atomic E-state index is 0.0316. The van der Waals surface area contributed by atoms with E-state index in [0.29, 0.717) is 11.3 Å². The Morgan fingerprint density at radius 2 is 1.53 bits per heavy atom. The molecule has 0 fully saturated rings. The Labute approximate surface area is 231 Å². The minimum Gasteiger partial charge on any atom is -0.463 e. The molecule has 7 heteroatoms. The normalized spacial score (nSPS) is 18.7. The van der Waals surface area contributed by atoms with Crippen LogP contribution in [0.4, 0.5) is 11.4 Å². The van der Waals surface area contributed by atoms with Crippen LogP contribution >= 0.6 is 23.2 Å². The molecule has 190 valence electrons. The SMILES string of the molecule is CN1c2cc(-c3ccccc3)cc(-c3ccccc3)c2C(C)(C)C12C=Cc1c(cc(Cl)c([N+](=O)[O-])c1Cl)O2. The average Bonchev–Trinajstić information content (AvgIpc) is 3.06. The second-order valence-electron chi connectivity index (χ2n) is 10.2. The molecule has 1 spiro atoms. The predicted molar refractivity (Wildman–Crippen MR) is 154 cm³/mol. The molecule has 2 heterocycles. The summed E-state index contributed by atoms with van der Waals surface area (Å²) in [6, 6.07) is 26.6. The van der Waals surface area contributed by atoms with Crippen LogP contribution in [0.5, 0.6) is 5.75 Å². The summed E-state index contributed by atoms with van der Waals surface area (Å²) in [6.45, 7) is 4.32. The molecule has 0 bridgehead atoms. The van der Waals surface area contributed by atoms with E-state index >= 15 is 0 Å². The van der Waals surface area contributed by atoms with Gasteiger partial charge in [0.25, 0.3) is 0 Å². The van der Waals surface area contributed by atoms with Crippen molar-refractivity contribution in [2.24, 2.45) is 0 Å². The van der Waals surface area contributed by atoms with Crippen LogP contribution in [0, 0.1) is 10.1 Å². The van der Waals surface area contributed by atoms with Gasteiger partial charge in [-0.15, -0.1) is 0 Å². The van der Waals surface area contributed by atoms with Gasteiger partial charge in [0.2, 0.25) is 5.72 Å². The first-order valence-corrected chi connectivity index (χ1v) is 13.0. The third kappa shape index (κ3) is 3.39. The fourth-order valence-corrected chi connectivity index (χ4v) is 6.53. The van der Waals surface area contributed by atoms with Crippen LogP contribution in [0.15, 0.2) is 84.9 Å². The van der Waals surface area contributed by atoms with Gasteiger partial charge in [-0.05, 0) is 65.9 Å². The number of rotatable bonds is 3. The molecule has 38 heavy (non-hydrogen) atoms. The van der Waals surface area contributed by atoms with E-state index in [9.17, 15) is 10.1 Å². The average molecular weight is 543 g/mol. The molecule has 6 rings (SSSR count). The lowest BCUT2D eigenvalue weighted by atomic mass is 9.73. The molecule has 4 aromatic rings. The number of benzene rings is 4. The quantitative estimate of drug-likeness (QED) is 0.192. The van der Waals surface area contributed by atoms with Gasteiger partial charge in [0.1, 0.15) is 15.8 Å². The highest BCUT2D eigenvalue weighted by Crippen LogP contribution is 2.58. The number of anilines is 1. The van der Waals surface area contributed by atoms with Crippen molar-refractivity contribution in [2.75, 3.05) is 11.9 Å². The Hall–Kier alpha value is -3.80. The molecule has 0 radical (unpaired) electrons. The van der Waals surface area contributed by atoms with Gasteiger partial charge in [0.15, 0.2) is 0 Å². The van der Waals surface area contributed by atoms with Crippen molar-refractivity contribution >= 4 is 40.7 Å². The summed E-state index contributed by atoms with van der Waals surface area (Å²) < 4.78 is 6.77. The molecule has 0 N–H and O–H groups in total. The Bertz CT molecular complexity index is 1630. The molecule has 2 aliphatic heterocycles. The molecular formula is C31H24Cl2N2O3. The molecule has 0 aliphatic carbocycles. The third-order valence-corrected chi connectivity index (χ3v) is 8.48. The van der Waals surface area contributed by atoms with E-state index in [1.165, 1.54) is 6.07 Å². The molecule has 1 atom stereocenters. The molecule has 0 aromatic heterocycles. The van der Waals surface area contributed by atoms with E-state index in [4.69, 9.17) is 27.9 Å². The number of fused-ring (bicyclic) bond motifs is 2. The van der Waals surface area contributed by atoms with E-state index in [0.717, 1.165) is 33.5 Å². The van der Waals surface area contributed by atoms with Gasteiger partial charge in [-0.3, -0.25) is 10.1 Å². The Kier molecular flexibility index (Phi) is 5.56. The van der Waals surface area contributed by atoms with E-state index in [-0.39, 0.29) is 15.7 Å².